The van der Waals surface area contributed by atoms with E-state index in [1.54, 1.807) is 0 Å². The molecule has 4 bridgehead atoms. The molecule has 0 N–H and O–H groups in total. The number of fused-ring (bicyclic) bond motifs is 2. The van der Waals surface area contributed by atoms with Gasteiger partial charge in [-0.1, -0.05) is 20.8 Å². The molecular formula is C29H42O8. The van der Waals surface area contributed by atoms with Crippen LogP contribution in [0.1, 0.15) is 80.6 Å². The monoisotopic (exact) mass is 518 g/mol. The van der Waals surface area contributed by atoms with E-state index in [4.69, 9.17) is 18.9 Å². The Labute approximate surface area is 219 Å². The zero-order valence-corrected chi connectivity index (χ0v) is 23.2. The first-order valence-electron chi connectivity index (χ1n) is 14.1. The lowest BCUT2D eigenvalue weighted by Crippen LogP contribution is -2.42. The summed E-state index contributed by atoms with van der Waals surface area (Å²) in [6.07, 6.45) is 3.50. The maximum atomic E-state index is 12.2. The molecule has 6 aliphatic rings. The van der Waals surface area contributed by atoms with Crippen LogP contribution in [0.2, 0.25) is 0 Å². The lowest BCUT2D eigenvalue weighted by atomic mass is 9.79. The van der Waals surface area contributed by atoms with Crippen molar-refractivity contribution < 1.29 is 38.1 Å². The second-order valence-electron chi connectivity index (χ2n) is 13.5. The van der Waals surface area contributed by atoms with Gasteiger partial charge in [0.15, 0.2) is 0 Å². The Kier molecular flexibility index (Phi) is 6.43. The first-order chi connectivity index (χ1) is 17.3. The summed E-state index contributed by atoms with van der Waals surface area (Å²) in [5.74, 6) is 1.09. The van der Waals surface area contributed by atoms with E-state index >= 15 is 0 Å². The van der Waals surface area contributed by atoms with Gasteiger partial charge in [0.2, 0.25) is 0 Å². The average Bonchev–Trinajstić information content (AvgIpc) is 3.65. The molecule has 6 rings (SSSR count). The number of ether oxygens (including phenoxy) is 4. The summed E-state index contributed by atoms with van der Waals surface area (Å²) in [6.45, 7) is 13.6. The number of carbonyl (C=O) groups excluding carboxylic acids is 4. The van der Waals surface area contributed by atoms with Crippen molar-refractivity contribution in [3.05, 3.63) is 0 Å². The highest BCUT2D eigenvalue weighted by molar-refractivity contribution is 5.79. The fraction of sp³-hybridized carbons (Fsp3) is 0.862. The minimum atomic E-state index is -0.465. The van der Waals surface area contributed by atoms with Gasteiger partial charge < -0.3 is 18.9 Å². The van der Waals surface area contributed by atoms with Gasteiger partial charge in [0.05, 0.1) is 22.7 Å². The van der Waals surface area contributed by atoms with Crippen LogP contribution in [0.4, 0.5) is 0 Å². The average molecular weight is 519 g/mol. The van der Waals surface area contributed by atoms with Crippen LogP contribution < -0.4 is 0 Å². The third-order valence-corrected chi connectivity index (χ3v) is 10.7. The summed E-state index contributed by atoms with van der Waals surface area (Å²) in [5.41, 5.74) is -0.920. The van der Waals surface area contributed by atoms with Gasteiger partial charge in [-0.25, -0.2) is 0 Å². The topological polar surface area (TPSA) is 105 Å². The lowest BCUT2D eigenvalue weighted by Gasteiger charge is -2.32. The zero-order valence-electron chi connectivity index (χ0n) is 23.2. The molecule has 0 amide bonds. The van der Waals surface area contributed by atoms with Gasteiger partial charge in [-0.15, -0.1) is 0 Å². The molecule has 2 heterocycles. The van der Waals surface area contributed by atoms with Crippen molar-refractivity contribution in [1.29, 1.82) is 0 Å². The molecule has 11 unspecified atom stereocenters. The van der Waals surface area contributed by atoms with Gasteiger partial charge in [-0.3, -0.25) is 19.2 Å². The van der Waals surface area contributed by atoms with Crippen LogP contribution >= 0.6 is 0 Å². The second kappa shape index (κ2) is 8.98. The summed E-state index contributed by atoms with van der Waals surface area (Å²) >= 11 is 0. The van der Waals surface area contributed by atoms with Gasteiger partial charge in [0.1, 0.15) is 24.4 Å². The molecule has 0 aromatic heterocycles. The Balaban J connectivity index is 0.000000152. The van der Waals surface area contributed by atoms with Crippen LogP contribution in [0.25, 0.3) is 0 Å². The highest BCUT2D eigenvalue weighted by Gasteiger charge is 2.67. The minimum Gasteiger partial charge on any atom is -0.458 e. The van der Waals surface area contributed by atoms with E-state index in [1.807, 2.05) is 41.5 Å². The summed E-state index contributed by atoms with van der Waals surface area (Å²) < 4.78 is 22.2. The summed E-state index contributed by atoms with van der Waals surface area (Å²) in [6, 6.07) is 0. The molecular weight excluding hydrogens is 476 g/mol. The van der Waals surface area contributed by atoms with Crippen molar-refractivity contribution >= 4 is 23.9 Å². The van der Waals surface area contributed by atoms with Gasteiger partial charge in [-0.05, 0) is 65.7 Å². The van der Waals surface area contributed by atoms with Crippen molar-refractivity contribution in [3.8, 4) is 0 Å². The van der Waals surface area contributed by atoms with Gasteiger partial charge in [0, 0.05) is 23.7 Å². The first kappa shape index (κ1) is 26.5. The first-order valence-corrected chi connectivity index (χ1v) is 14.1. The highest BCUT2D eigenvalue weighted by atomic mass is 16.6. The Morgan fingerprint density at radius 3 is 1.92 bits per heavy atom. The molecule has 0 aromatic rings. The predicted molar refractivity (Wildman–Crippen MR) is 132 cm³/mol. The van der Waals surface area contributed by atoms with Gasteiger partial charge in [0.25, 0.3) is 0 Å². The Bertz CT molecular complexity index is 984. The van der Waals surface area contributed by atoms with Crippen LogP contribution in [0.5, 0.6) is 0 Å². The smallest absolute Gasteiger partial charge is 0.311 e. The maximum Gasteiger partial charge on any atom is 0.311 e. The number of carbonyl (C=O) groups is 4. The van der Waals surface area contributed by atoms with Crippen LogP contribution in [0, 0.1) is 52.3 Å². The largest absolute Gasteiger partial charge is 0.458 e. The fourth-order valence-electron chi connectivity index (χ4n) is 7.42. The lowest BCUT2D eigenvalue weighted by molar-refractivity contribution is -0.171. The Morgan fingerprint density at radius 2 is 1.32 bits per heavy atom. The van der Waals surface area contributed by atoms with Gasteiger partial charge in [-0.2, -0.15) is 0 Å². The fourth-order valence-corrected chi connectivity index (χ4v) is 7.42. The standard InChI is InChI=1S/C15H22O4.C14H20O4/c1-5-15(3,4)14(17)19-11-8-6-9-10(7(8)2)13(16)18-12(9)11;1-4-14(2,3)13(16)18-10-7-5-8-9(6-7)12(15)17-11(8)10/h7-12H,5-6H2,1-4H3;7-11H,4-6H2,1-3H3. The predicted octanol–water partition coefficient (Wildman–Crippen LogP) is 4.08. The second-order valence-corrected chi connectivity index (χ2v) is 13.5. The molecule has 4 aliphatic carbocycles. The van der Waals surface area contributed by atoms with Crippen molar-refractivity contribution in [2.75, 3.05) is 0 Å². The summed E-state index contributed by atoms with van der Waals surface area (Å²) in [5, 5.41) is 0. The minimum absolute atomic E-state index is 0.0455. The number of hydrogen-bond donors (Lipinski definition) is 0. The highest BCUT2D eigenvalue weighted by Crippen LogP contribution is 2.59. The number of hydrogen-bond acceptors (Lipinski definition) is 8. The van der Waals surface area contributed by atoms with E-state index in [9.17, 15) is 19.2 Å². The SMILES string of the molecule is CCC(C)(C)C(=O)OC1C2CC3C(=O)OC1C3C2.CCC(C)(C)C(=O)OC1C2CC3C1OC(=O)C3C2C. The molecule has 2 aliphatic heterocycles. The van der Waals surface area contributed by atoms with E-state index in [1.165, 1.54) is 0 Å². The van der Waals surface area contributed by atoms with Crippen molar-refractivity contribution in [1.82, 2.24) is 0 Å². The summed E-state index contributed by atoms with van der Waals surface area (Å²) in [7, 11) is 0. The zero-order chi connectivity index (χ0) is 27.0. The van der Waals surface area contributed by atoms with E-state index in [2.05, 4.69) is 6.92 Å². The molecule has 4 saturated carbocycles. The Morgan fingerprint density at radius 1 is 0.784 bits per heavy atom. The Hall–Kier alpha value is -2.12. The van der Waals surface area contributed by atoms with Gasteiger partial charge >= 0.3 is 23.9 Å². The number of esters is 4. The molecule has 37 heavy (non-hydrogen) atoms. The third-order valence-electron chi connectivity index (χ3n) is 10.7. The van der Waals surface area contributed by atoms with Crippen LogP contribution in [-0.2, 0) is 38.1 Å². The van der Waals surface area contributed by atoms with Crippen molar-refractivity contribution in [2.24, 2.45) is 52.3 Å². The molecule has 8 heteroatoms. The van der Waals surface area contributed by atoms with E-state index in [0.29, 0.717) is 17.8 Å². The van der Waals surface area contributed by atoms with Crippen molar-refractivity contribution in [2.45, 2.75) is 105 Å². The third kappa shape index (κ3) is 4.08. The molecule has 0 spiro atoms. The molecule has 11 atom stereocenters. The summed E-state index contributed by atoms with van der Waals surface area (Å²) in [4.78, 5) is 47.8. The van der Waals surface area contributed by atoms with E-state index in [-0.39, 0.29) is 72.0 Å². The van der Waals surface area contributed by atoms with Crippen molar-refractivity contribution in [3.63, 3.8) is 0 Å². The van der Waals surface area contributed by atoms with Crippen LogP contribution in [-0.4, -0.2) is 48.3 Å². The van der Waals surface area contributed by atoms with Crippen LogP contribution in [0.15, 0.2) is 0 Å². The van der Waals surface area contributed by atoms with E-state index in [0.717, 1.165) is 32.1 Å². The number of rotatable bonds is 6. The quantitative estimate of drug-likeness (QED) is 0.383. The molecule has 0 radical (unpaired) electrons. The molecule has 8 nitrogen and oxygen atoms in total. The normalized spacial score (nSPS) is 42.3. The molecule has 2 saturated heterocycles. The maximum absolute atomic E-state index is 12.2. The molecule has 0 aromatic carbocycles. The molecule has 206 valence electrons. The molecule has 6 fully saturated rings. The van der Waals surface area contributed by atoms with Crippen LogP contribution in [0.3, 0.4) is 0 Å². The van der Waals surface area contributed by atoms with E-state index < -0.39 is 10.8 Å².